The molecular weight excluding hydrogens is 181 g/mol. The van der Waals surface area contributed by atoms with Gasteiger partial charge in [0.2, 0.25) is 0 Å². The quantitative estimate of drug-likeness (QED) is 0.211. The molecule has 0 aliphatic carbocycles. The minimum absolute atomic E-state index is 0. The van der Waals surface area contributed by atoms with Gasteiger partial charge in [-0.15, -0.1) is 0 Å². The standard InChI is InChI=1S/2BH3O3.K.Mg.3H/c2*2-1(3)4;;;;;/h2*2-4H;;;;;/q;;+1;+2;3*-1. The summed E-state index contributed by atoms with van der Waals surface area (Å²) in [5.41, 5.74) is 0. The molecule has 0 unspecified atom stereocenters. The van der Waals surface area contributed by atoms with Gasteiger partial charge in [0.05, 0.1) is 0 Å². The first-order valence-corrected chi connectivity index (χ1v) is 1.55. The Balaban J connectivity index is -0.00000000800. The fourth-order valence-electron chi connectivity index (χ4n) is 0. The summed E-state index contributed by atoms with van der Waals surface area (Å²) in [6.07, 6.45) is 0. The van der Waals surface area contributed by atoms with Gasteiger partial charge in [-0.1, -0.05) is 0 Å². The molecule has 0 fully saturated rings. The Bertz CT molecular complexity index is 41.4. The van der Waals surface area contributed by atoms with E-state index in [2.05, 4.69) is 0 Å². The summed E-state index contributed by atoms with van der Waals surface area (Å²) in [7, 11) is -4.33. The fraction of sp³-hybridized carbons (Fsp3) is 0. The SMILES string of the molecule is OB(O)O.OB(O)O.[H-].[H-].[H-].[K+].[Mg+2]. The smallest absolute Gasteiger partial charge is 1.00 e. The molecule has 0 aromatic rings. The molecule has 0 aromatic carbocycles. The van der Waals surface area contributed by atoms with Gasteiger partial charge >= 0.3 is 89.1 Å². The van der Waals surface area contributed by atoms with E-state index in [0.717, 1.165) is 0 Å². The second-order valence-corrected chi connectivity index (χ2v) is 0.693. The Morgan fingerprint density at radius 3 is 0.700 bits per heavy atom. The molecule has 0 rings (SSSR count). The number of hydrogen-bond donors (Lipinski definition) is 6. The van der Waals surface area contributed by atoms with Crippen LogP contribution < -0.4 is 51.4 Å². The molecule has 0 amide bonds. The van der Waals surface area contributed by atoms with Gasteiger partial charge in [0.1, 0.15) is 0 Å². The van der Waals surface area contributed by atoms with E-state index in [1.54, 1.807) is 0 Å². The van der Waals surface area contributed by atoms with E-state index in [0.29, 0.717) is 0 Å². The maximum Gasteiger partial charge on any atom is 2.00 e. The Hall–Kier alpha value is 2.29. The van der Waals surface area contributed by atoms with E-state index in [4.69, 9.17) is 30.1 Å². The van der Waals surface area contributed by atoms with Crippen molar-refractivity contribution < 1.29 is 85.8 Å². The molecule has 0 radical (unpaired) electrons. The van der Waals surface area contributed by atoms with Crippen LogP contribution in [0.3, 0.4) is 0 Å². The summed E-state index contributed by atoms with van der Waals surface area (Å²) in [6, 6.07) is 0. The zero-order valence-corrected chi connectivity index (χ0v) is 10.1. The van der Waals surface area contributed by atoms with Crippen LogP contribution in [-0.2, 0) is 0 Å². The van der Waals surface area contributed by atoms with Gasteiger partial charge in [-0.3, -0.25) is 0 Å². The van der Waals surface area contributed by atoms with Gasteiger partial charge in [-0.2, -0.15) is 0 Å². The van der Waals surface area contributed by atoms with Crippen LogP contribution in [0.4, 0.5) is 0 Å². The van der Waals surface area contributed by atoms with Crippen molar-refractivity contribution in [2.24, 2.45) is 0 Å². The van der Waals surface area contributed by atoms with Crippen molar-refractivity contribution >= 4 is 37.7 Å². The molecular formula is H9B2KMgO6. The van der Waals surface area contributed by atoms with Crippen LogP contribution in [0.25, 0.3) is 0 Å². The van der Waals surface area contributed by atoms with Gasteiger partial charge in [0.25, 0.3) is 0 Å². The van der Waals surface area contributed by atoms with Crippen molar-refractivity contribution in [3.05, 3.63) is 0 Å². The van der Waals surface area contributed by atoms with Crippen LogP contribution in [-0.4, -0.2) is 67.8 Å². The maximum absolute atomic E-state index is 7.17. The summed E-state index contributed by atoms with van der Waals surface area (Å²) >= 11 is 0. The molecule has 6 nitrogen and oxygen atoms in total. The molecule has 0 spiro atoms. The monoisotopic (exact) mass is 190 g/mol. The molecule has 0 aromatic heterocycles. The van der Waals surface area contributed by atoms with E-state index in [9.17, 15) is 0 Å². The average molecular weight is 190 g/mol. The third kappa shape index (κ3) is 169. The van der Waals surface area contributed by atoms with Gasteiger partial charge in [-0.05, 0) is 0 Å². The van der Waals surface area contributed by atoms with Crippen molar-refractivity contribution in [3.63, 3.8) is 0 Å². The summed E-state index contributed by atoms with van der Waals surface area (Å²) in [5.74, 6) is 0. The molecule has 0 saturated carbocycles. The molecule has 0 aliphatic rings. The second kappa shape index (κ2) is 17.4. The number of hydrogen-bond acceptors (Lipinski definition) is 6. The Morgan fingerprint density at radius 2 is 0.700 bits per heavy atom. The normalized spacial score (nSPS) is 5.40. The van der Waals surface area contributed by atoms with Crippen LogP contribution in [0.1, 0.15) is 4.28 Å². The first-order chi connectivity index (χ1) is 3.46. The Morgan fingerprint density at radius 1 is 0.700 bits per heavy atom. The van der Waals surface area contributed by atoms with Crippen LogP contribution >= 0.6 is 0 Å². The largest absolute Gasteiger partial charge is 2.00 e. The third-order valence-electron chi connectivity index (χ3n) is 0. The van der Waals surface area contributed by atoms with Crippen LogP contribution in [0.2, 0.25) is 0 Å². The summed E-state index contributed by atoms with van der Waals surface area (Å²) in [6.45, 7) is 0. The van der Waals surface area contributed by atoms with E-state index in [-0.39, 0.29) is 78.7 Å². The van der Waals surface area contributed by atoms with Crippen molar-refractivity contribution in [3.8, 4) is 0 Å². The van der Waals surface area contributed by atoms with Gasteiger partial charge < -0.3 is 34.4 Å². The molecule has 10 heavy (non-hydrogen) atoms. The predicted octanol–water partition coefficient (Wildman–Crippen LogP) is -7.14. The molecule has 0 heterocycles. The van der Waals surface area contributed by atoms with Gasteiger partial charge in [0, 0.05) is 0 Å². The third-order valence-corrected chi connectivity index (χ3v) is 0. The van der Waals surface area contributed by atoms with E-state index in [1.165, 1.54) is 0 Å². The van der Waals surface area contributed by atoms with Crippen LogP contribution in [0.15, 0.2) is 0 Å². The summed E-state index contributed by atoms with van der Waals surface area (Å²) < 4.78 is 0. The minimum atomic E-state index is -2.17. The maximum atomic E-state index is 7.17. The van der Waals surface area contributed by atoms with Crippen molar-refractivity contribution in [1.29, 1.82) is 0 Å². The molecule has 54 valence electrons. The summed E-state index contributed by atoms with van der Waals surface area (Å²) in [5, 5.41) is 43.0. The first kappa shape index (κ1) is 22.8. The van der Waals surface area contributed by atoms with Gasteiger partial charge in [-0.25, -0.2) is 0 Å². The molecule has 10 heteroatoms. The van der Waals surface area contributed by atoms with E-state index >= 15 is 0 Å². The number of rotatable bonds is 0. The molecule has 6 N–H and O–H groups in total. The Kier molecular flexibility index (Phi) is 39.7. The molecule has 0 bridgehead atoms. The van der Waals surface area contributed by atoms with E-state index < -0.39 is 14.6 Å². The van der Waals surface area contributed by atoms with Gasteiger partial charge in [0.15, 0.2) is 0 Å². The predicted molar refractivity (Wildman–Crippen MR) is 33.9 cm³/mol. The second-order valence-electron chi connectivity index (χ2n) is 0.693. The zero-order chi connectivity index (χ0) is 7.15. The van der Waals surface area contributed by atoms with Crippen molar-refractivity contribution in [1.82, 2.24) is 0 Å². The van der Waals surface area contributed by atoms with Crippen LogP contribution in [0, 0.1) is 0 Å². The van der Waals surface area contributed by atoms with E-state index in [1.807, 2.05) is 0 Å². The average Bonchev–Trinajstić information content (AvgIpc) is 1.25. The molecule has 0 saturated heterocycles. The van der Waals surface area contributed by atoms with Crippen molar-refractivity contribution in [2.45, 2.75) is 0 Å². The Labute approximate surface area is 122 Å². The van der Waals surface area contributed by atoms with Crippen LogP contribution in [0.5, 0.6) is 0 Å². The zero-order valence-electron chi connectivity index (χ0n) is 8.55. The van der Waals surface area contributed by atoms with Crippen molar-refractivity contribution in [2.75, 3.05) is 0 Å². The molecule has 0 atom stereocenters. The first-order valence-electron chi connectivity index (χ1n) is 1.55. The molecule has 0 aliphatic heterocycles. The topological polar surface area (TPSA) is 121 Å². The fourth-order valence-corrected chi connectivity index (χ4v) is 0. The summed E-state index contributed by atoms with van der Waals surface area (Å²) in [4.78, 5) is 0. The minimum Gasteiger partial charge on any atom is -1.00 e.